The Balaban J connectivity index is 2.09. The lowest BCUT2D eigenvalue weighted by Crippen LogP contribution is -2.45. The molecule has 0 radical (unpaired) electrons. The van der Waals surface area contributed by atoms with E-state index in [9.17, 15) is 18.0 Å². The fraction of sp³-hybridized carbons (Fsp3) is 0.467. The molecule has 1 aromatic carbocycles. The van der Waals surface area contributed by atoms with Crippen LogP contribution in [0, 0.1) is 5.92 Å². The fourth-order valence-corrected chi connectivity index (χ4v) is 3.23. The Kier molecular flexibility index (Phi) is 5.79. The lowest BCUT2D eigenvalue weighted by atomic mass is 9.89. The van der Waals surface area contributed by atoms with Crippen molar-refractivity contribution in [1.29, 1.82) is 0 Å². The summed E-state index contributed by atoms with van der Waals surface area (Å²) in [4.78, 5) is 24.1. The first-order chi connectivity index (χ1) is 11.3. The number of amides is 2. The van der Waals surface area contributed by atoms with Crippen LogP contribution in [-0.2, 0) is 14.8 Å². The van der Waals surface area contributed by atoms with Gasteiger partial charge in [0, 0.05) is 5.92 Å². The predicted octanol–water partition coefficient (Wildman–Crippen LogP) is 0.684. The molecule has 4 N–H and O–H groups in total. The molecule has 8 nitrogen and oxygen atoms in total. The molecule has 1 saturated carbocycles. The van der Waals surface area contributed by atoms with Crippen LogP contribution in [0.15, 0.2) is 23.1 Å². The Hall–Kier alpha value is -2.13. The molecule has 132 valence electrons. The SMILES string of the molecule is COc1ccc(S(N)(=O)=O)cc1C(=O)NNC(=O)C1CCCCC1. The van der Waals surface area contributed by atoms with Crippen LogP contribution in [0.3, 0.4) is 0 Å². The monoisotopic (exact) mass is 355 g/mol. The van der Waals surface area contributed by atoms with Crippen molar-refractivity contribution in [1.82, 2.24) is 10.9 Å². The van der Waals surface area contributed by atoms with E-state index in [1.54, 1.807) is 0 Å². The summed E-state index contributed by atoms with van der Waals surface area (Å²) in [6.45, 7) is 0. The summed E-state index contributed by atoms with van der Waals surface area (Å²) in [7, 11) is -2.60. The van der Waals surface area contributed by atoms with Crippen LogP contribution < -0.4 is 20.7 Å². The number of sulfonamides is 1. The maximum atomic E-state index is 12.2. The Morgan fingerprint density at radius 3 is 2.42 bits per heavy atom. The number of rotatable bonds is 4. The minimum absolute atomic E-state index is 0.0343. The van der Waals surface area contributed by atoms with Crippen LogP contribution in [0.4, 0.5) is 0 Å². The van der Waals surface area contributed by atoms with E-state index >= 15 is 0 Å². The van der Waals surface area contributed by atoms with Crippen molar-refractivity contribution >= 4 is 21.8 Å². The van der Waals surface area contributed by atoms with Gasteiger partial charge in [0.05, 0.1) is 17.6 Å². The number of nitrogens with two attached hydrogens (primary N) is 1. The van der Waals surface area contributed by atoms with Crippen molar-refractivity contribution in [3.63, 3.8) is 0 Å². The molecule has 2 amide bonds. The molecule has 9 heteroatoms. The van der Waals surface area contributed by atoms with Crippen LogP contribution in [-0.4, -0.2) is 27.3 Å². The fourth-order valence-electron chi connectivity index (χ4n) is 2.69. The van der Waals surface area contributed by atoms with Gasteiger partial charge in [-0.2, -0.15) is 0 Å². The van der Waals surface area contributed by atoms with Crippen molar-refractivity contribution < 1.29 is 22.7 Å². The van der Waals surface area contributed by atoms with Crippen molar-refractivity contribution in [3.8, 4) is 5.75 Å². The Morgan fingerprint density at radius 1 is 1.17 bits per heavy atom. The van der Waals surface area contributed by atoms with Crippen LogP contribution in [0.1, 0.15) is 42.5 Å². The molecule has 1 aliphatic carbocycles. The molecule has 0 bridgehead atoms. The molecule has 0 unspecified atom stereocenters. The van der Waals surface area contributed by atoms with E-state index in [0.29, 0.717) is 0 Å². The minimum Gasteiger partial charge on any atom is -0.496 e. The van der Waals surface area contributed by atoms with Crippen LogP contribution in [0.2, 0.25) is 0 Å². The highest BCUT2D eigenvalue weighted by Crippen LogP contribution is 2.24. The van der Waals surface area contributed by atoms with Gasteiger partial charge in [-0.1, -0.05) is 19.3 Å². The Morgan fingerprint density at radius 2 is 1.83 bits per heavy atom. The van der Waals surface area contributed by atoms with Gasteiger partial charge >= 0.3 is 0 Å². The number of hydrazine groups is 1. The Labute approximate surface area is 140 Å². The summed E-state index contributed by atoms with van der Waals surface area (Å²) in [5.74, 6) is -0.866. The molecule has 24 heavy (non-hydrogen) atoms. The highest BCUT2D eigenvalue weighted by Gasteiger charge is 2.22. The summed E-state index contributed by atoms with van der Waals surface area (Å²) in [6, 6.07) is 3.68. The topological polar surface area (TPSA) is 128 Å². The normalized spacial score (nSPS) is 15.6. The number of benzene rings is 1. The third-order valence-corrected chi connectivity index (χ3v) is 4.93. The average Bonchev–Trinajstić information content (AvgIpc) is 2.58. The number of carbonyl (C=O) groups is 2. The van der Waals surface area contributed by atoms with Gasteiger partial charge in [0.25, 0.3) is 5.91 Å². The maximum Gasteiger partial charge on any atom is 0.273 e. The summed E-state index contributed by atoms with van der Waals surface area (Å²) in [5, 5.41) is 5.07. The van der Waals surface area contributed by atoms with E-state index in [1.807, 2.05) is 0 Å². The Bertz CT molecular complexity index is 727. The van der Waals surface area contributed by atoms with Gasteiger partial charge in [-0.15, -0.1) is 0 Å². The van der Waals surface area contributed by atoms with Gasteiger partial charge in [-0.05, 0) is 31.0 Å². The smallest absolute Gasteiger partial charge is 0.273 e. The number of hydrogen-bond donors (Lipinski definition) is 3. The summed E-state index contributed by atoms with van der Waals surface area (Å²) in [5.41, 5.74) is 4.65. The molecule has 0 atom stereocenters. The zero-order valence-corrected chi connectivity index (χ0v) is 14.2. The molecule has 0 aromatic heterocycles. The summed E-state index contributed by atoms with van der Waals surface area (Å²) >= 11 is 0. The number of hydrogen-bond acceptors (Lipinski definition) is 5. The minimum atomic E-state index is -3.96. The van der Waals surface area contributed by atoms with Crippen molar-refractivity contribution in [2.24, 2.45) is 11.1 Å². The van der Waals surface area contributed by atoms with Gasteiger partial charge in [0.1, 0.15) is 5.75 Å². The van der Waals surface area contributed by atoms with E-state index in [0.717, 1.165) is 38.2 Å². The first-order valence-corrected chi connectivity index (χ1v) is 9.18. The van der Waals surface area contributed by atoms with E-state index in [-0.39, 0.29) is 28.0 Å². The maximum absolute atomic E-state index is 12.2. The molecule has 0 aliphatic heterocycles. The van der Waals surface area contributed by atoms with E-state index in [2.05, 4.69) is 10.9 Å². The first-order valence-electron chi connectivity index (χ1n) is 7.64. The zero-order chi connectivity index (χ0) is 17.7. The van der Waals surface area contributed by atoms with E-state index in [1.165, 1.54) is 19.2 Å². The molecule has 1 aromatic rings. The average molecular weight is 355 g/mol. The third-order valence-electron chi connectivity index (χ3n) is 4.02. The molecule has 0 saturated heterocycles. The number of primary sulfonamides is 1. The second kappa shape index (κ2) is 7.63. The zero-order valence-electron chi connectivity index (χ0n) is 13.4. The second-order valence-corrected chi connectivity index (χ2v) is 7.25. The number of carbonyl (C=O) groups excluding carboxylic acids is 2. The van der Waals surface area contributed by atoms with Crippen molar-refractivity contribution in [2.75, 3.05) is 7.11 Å². The van der Waals surface area contributed by atoms with Gasteiger partial charge in [0.15, 0.2) is 0 Å². The van der Waals surface area contributed by atoms with Gasteiger partial charge in [-0.3, -0.25) is 20.4 Å². The largest absolute Gasteiger partial charge is 0.496 e. The van der Waals surface area contributed by atoms with Crippen molar-refractivity contribution in [2.45, 2.75) is 37.0 Å². The van der Waals surface area contributed by atoms with E-state index < -0.39 is 15.9 Å². The molecule has 0 spiro atoms. The lowest BCUT2D eigenvalue weighted by molar-refractivity contribution is -0.126. The van der Waals surface area contributed by atoms with Crippen molar-refractivity contribution in [3.05, 3.63) is 23.8 Å². The predicted molar refractivity (Wildman–Crippen MR) is 86.6 cm³/mol. The molecule has 1 aliphatic rings. The number of nitrogens with one attached hydrogen (secondary N) is 2. The molecular formula is C15H21N3O5S. The number of methoxy groups -OCH3 is 1. The van der Waals surface area contributed by atoms with Crippen LogP contribution in [0.5, 0.6) is 5.75 Å². The standard InChI is InChI=1S/C15H21N3O5S/c1-23-13-8-7-11(24(16,21)22)9-12(13)15(20)18-17-14(19)10-5-3-2-4-6-10/h7-10H,2-6H2,1H3,(H,17,19)(H,18,20)(H2,16,21,22). The highest BCUT2D eigenvalue weighted by atomic mass is 32.2. The lowest BCUT2D eigenvalue weighted by Gasteiger charge is -2.21. The quantitative estimate of drug-likeness (QED) is 0.685. The number of ether oxygens (including phenoxy) is 1. The third kappa shape index (κ3) is 4.45. The van der Waals surface area contributed by atoms with Gasteiger partial charge < -0.3 is 4.74 Å². The highest BCUT2D eigenvalue weighted by molar-refractivity contribution is 7.89. The van der Waals surface area contributed by atoms with Crippen LogP contribution in [0.25, 0.3) is 0 Å². The molecule has 2 rings (SSSR count). The molecular weight excluding hydrogens is 334 g/mol. The van der Waals surface area contributed by atoms with Crippen LogP contribution >= 0.6 is 0 Å². The summed E-state index contributed by atoms with van der Waals surface area (Å²) in [6.07, 6.45) is 4.71. The van der Waals surface area contributed by atoms with Gasteiger partial charge in [0.2, 0.25) is 15.9 Å². The first kappa shape index (κ1) is 18.2. The van der Waals surface area contributed by atoms with Gasteiger partial charge in [-0.25, -0.2) is 13.6 Å². The molecule has 1 fully saturated rings. The molecule has 0 heterocycles. The second-order valence-electron chi connectivity index (χ2n) is 5.69. The van der Waals surface area contributed by atoms with E-state index in [4.69, 9.17) is 9.88 Å². The summed E-state index contributed by atoms with van der Waals surface area (Å²) < 4.78 is 27.9.